The molecule has 0 radical (unpaired) electrons. The molecule has 1 fully saturated rings. The number of hydrogen-bond donors (Lipinski definition) is 0. The van der Waals surface area contributed by atoms with E-state index in [-0.39, 0.29) is 11.2 Å². The number of oxazole rings is 1. The summed E-state index contributed by atoms with van der Waals surface area (Å²) in [7, 11) is -0.395. The summed E-state index contributed by atoms with van der Waals surface area (Å²) in [6.45, 7) is 8.19. The second-order valence-corrected chi connectivity index (χ2v) is 6.05. The van der Waals surface area contributed by atoms with Crippen LogP contribution in [0.15, 0.2) is 41.3 Å². The van der Waals surface area contributed by atoms with Crippen molar-refractivity contribution in [3.05, 3.63) is 36.9 Å². The molecule has 0 saturated carbocycles. The molecule has 0 aliphatic carbocycles. The number of hydrogen-bond acceptors (Lipinski definition) is 4. The van der Waals surface area contributed by atoms with Gasteiger partial charge < -0.3 is 13.7 Å². The van der Waals surface area contributed by atoms with Crippen molar-refractivity contribution in [2.45, 2.75) is 38.9 Å². The van der Waals surface area contributed by atoms with Crippen molar-refractivity contribution >= 4 is 12.6 Å². The lowest BCUT2D eigenvalue weighted by Gasteiger charge is -2.32. The zero-order chi connectivity index (χ0) is 14.4. The minimum atomic E-state index is -0.395. The normalized spacial score (nSPS) is 20.3. The SMILES string of the molecule is CC1(C)OB(c2ccccc2-c2cocn2)OC1(C)C. The molecule has 0 atom stereocenters. The van der Waals surface area contributed by atoms with Gasteiger partial charge in [-0.05, 0) is 33.2 Å². The van der Waals surface area contributed by atoms with E-state index in [1.165, 1.54) is 6.39 Å². The van der Waals surface area contributed by atoms with Gasteiger partial charge in [-0.3, -0.25) is 0 Å². The van der Waals surface area contributed by atoms with E-state index in [1.54, 1.807) is 6.26 Å². The lowest BCUT2D eigenvalue weighted by atomic mass is 9.75. The summed E-state index contributed by atoms with van der Waals surface area (Å²) in [5.74, 6) is 0. The van der Waals surface area contributed by atoms with Crippen molar-refractivity contribution in [1.29, 1.82) is 0 Å². The van der Waals surface area contributed by atoms with Crippen molar-refractivity contribution in [2.24, 2.45) is 0 Å². The Morgan fingerprint density at radius 2 is 1.65 bits per heavy atom. The van der Waals surface area contributed by atoms with Gasteiger partial charge in [-0.2, -0.15) is 0 Å². The molecule has 3 rings (SSSR count). The molecule has 20 heavy (non-hydrogen) atoms. The monoisotopic (exact) mass is 271 g/mol. The Kier molecular flexibility index (Phi) is 2.99. The fourth-order valence-corrected chi connectivity index (χ4v) is 2.25. The first-order valence-electron chi connectivity index (χ1n) is 6.74. The molecule has 0 spiro atoms. The first kappa shape index (κ1) is 13.4. The van der Waals surface area contributed by atoms with E-state index in [2.05, 4.69) is 4.98 Å². The third kappa shape index (κ3) is 2.07. The molecule has 0 unspecified atom stereocenters. The highest BCUT2D eigenvalue weighted by Crippen LogP contribution is 2.37. The molecule has 4 nitrogen and oxygen atoms in total. The Bertz CT molecular complexity index is 591. The highest BCUT2D eigenvalue weighted by atomic mass is 16.7. The highest BCUT2D eigenvalue weighted by molar-refractivity contribution is 6.63. The Balaban J connectivity index is 2.01. The van der Waals surface area contributed by atoms with Gasteiger partial charge in [-0.1, -0.05) is 24.3 Å². The lowest BCUT2D eigenvalue weighted by Crippen LogP contribution is -2.41. The minimum Gasteiger partial charge on any atom is -0.451 e. The predicted molar refractivity (Wildman–Crippen MR) is 77.7 cm³/mol. The van der Waals surface area contributed by atoms with E-state index in [1.807, 2.05) is 52.0 Å². The van der Waals surface area contributed by atoms with Gasteiger partial charge in [0.15, 0.2) is 6.39 Å². The van der Waals surface area contributed by atoms with Gasteiger partial charge in [-0.25, -0.2) is 4.98 Å². The van der Waals surface area contributed by atoms with Crippen LogP contribution in [0.4, 0.5) is 0 Å². The largest absolute Gasteiger partial charge is 0.495 e. The van der Waals surface area contributed by atoms with E-state index >= 15 is 0 Å². The van der Waals surface area contributed by atoms with Crippen LogP contribution in [-0.4, -0.2) is 23.3 Å². The summed E-state index contributed by atoms with van der Waals surface area (Å²) in [6, 6.07) is 7.95. The molecule has 1 aliphatic rings. The Hall–Kier alpha value is -1.59. The first-order chi connectivity index (χ1) is 9.41. The maximum atomic E-state index is 6.11. The average Bonchev–Trinajstić information content (AvgIpc) is 2.97. The molecule has 1 saturated heterocycles. The molecule has 1 aromatic heterocycles. The van der Waals surface area contributed by atoms with Gasteiger partial charge in [0, 0.05) is 5.56 Å². The molecule has 1 aliphatic heterocycles. The second kappa shape index (κ2) is 4.47. The Morgan fingerprint density at radius 1 is 1.00 bits per heavy atom. The number of aromatic nitrogens is 1. The minimum absolute atomic E-state index is 0.353. The van der Waals surface area contributed by atoms with E-state index in [0.717, 1.165) is 16.7 Å². The van der Waals surface area contributed by atoms with Crippen LogP contribution in [0.1, 0.15) is 27.7 Å². The van der Waals surface area contributed by atoms with Gasteiger partial charge in [0.2, 0.25) is 0 Å². The van der Waals surface area contributed by atoms with E-state index < -0.39 is 7.12 Å². The van der Waals surface area contributed by atoms with Gasteiger partial charge in [0.1, 0.15) is 12.0 Å². The molecule has 0 bridgehead atoms. The molecule has 2 heterocycles. The molecule has 1 aromatic carbocycles. The van der Waals surface area contributed by atoms with Crippen LogP contribution in [0, 0.1) is 0 Å². The van der Waals surface area contributed by atoms with Crippen molar-refractivity contribution < 1.29 is 13.7 Å². The second-order valence-electron chi connectivity index (χ2n) is 6.05. The molecular weight excluding hydrogens is 253 g/mol. The lowest BCUT2D eigenvalue weighted by molar-refractivity contribution is 0.00578. The number of benzene rings is 1. The number of rotatable bonds is 2. The van der Waals surface area contributed by atoms with Crippen LogP contribution in [-0.2, 0) is 9.31 Å². The average molecular weight is 271 g/mol. The van der Waals surface area contributed by atoms with Crippen molar-refractivity contribution in [1.82, 2.24) is 4.98 Å². The van der Waals surface area contributed by atoms with E-state index in [0.29, 0.717) is 0 Å². The first-order valence-corrected chi connectivity index (χ1v) is 6.74. The van der Waals surface area contributed by atoms with Crippen LogP contribution in [0.2, 0.25) is 0 Å². The number of nitrogens with zero attached hydrogens (tertiary/aromatic N) is 1. The Morgan fingerprint density at radius 3 is 2.25 bits per heavy atom. The van der Waals surface area contributed by atoms with Crippen LogP contribution >= 0.6 is 0 Å². The zero-order valence-corrected chi connectivity index (χ0v) is 12.2. The summed E-state index contributed by atoms with van der Waals surface area (Å²) < 4.78 is 17.3. The third-order valence-electron chi connectivity index (χ3n) is 4.18. The van der Waals surface area contributed by atoms with E-state index in [4.69, 9.17) is 13.7 Å². The standard InChI is InChI=1S/C15H18BNO3/c1-14(2)15(3,4)20-16(19-14)12-8-6-5-7-11(12)13-9-18-10-17-13/h5-10H,1-4H3. The maximum Gasteiger partial charge on any atom is 0.495 e. The van der Waals surface area contributed by atoms with Gasteiger partial charge in [0.25, 0.3) is 0 Å². The van der Waals surface area contributed by atoms with Crippen LogP contribution in [0.5, 0.6) is 0 Å². The summed E-state index contributed by atoms with van der Waals surface area (Å²) in [5.41, 5.74) is 2.03. The fourth-order valence-electron chi connectivity index (χ4n) is 2.25. The molecule has 2 aromatic rings. The van der Waals surface area contributed by atoms with Crippen LogP contribution in [0.3, 0.4) is 0 Å². The van der Waals surface area contributed by atoms with Crippen molar-refractivity contribution in [3.8, 4) is 11.3 Å². The van der Waals surface area contributed by atoms with E-state index in [9.17, 15) is 0 Å². The smallest absolute Gasteiger partial charge is 0.451 e. The maximum absolute atomic E-state index is 6.11. The summed E-state index contributed by atoms with van der Waals surface area (Å²) in [5, 5.41) is 0. The van der Waals surface area contributed by atoms with Gasteiger partial charge >= 0.3 is 7.12 Å². The molecule has 0 N–H and O–H groups in total. The summed E-state index contributed by atoms with van der Waals surface area (Å²) >= 11 is 0. The zero-order valence-electron chi connectivity index (χ0n) is 12.2. The topological polar surface area (TPSA) is 44.5 Å². The van der Waals surface area contributed by atoms with Crippen LogP contribution < -0.4 is 5.46 Å². The molecule has 104 valence electrons. The van der Waals surface area contributed by atoms with Crippen LogP contribution in [0.25, 0.3) is 11.3 Å². The molecule has 5 heteroatoms. The quantitative estimate of drug-likeness (QED) is 0.787. The van der Waals surface area contributed by atoms with Crippen molar-refractivity contribution in [3.63, 3.8) is 0 Å². The molecular formula is C15H18BNO3. The predicted octanol–water partition coefficient (Wildman–Crippen LogP) is 2.64. The summed E-state index contributed by atoms with van der Waals surface area (Å²) in [6.07, 6.45) is 3.06. The Labute approximate surface area is 119 Å². The highest BCUT2D eigenvalue weighted by Gasteiger charge is 2.52. The third-order valence-corrected chi connectivity index (χ3v) is 4.18. The molecule has 0 amide bonds. The van der Waals surface area contributed by atoms with Gasteiger partial charge in [0.05, 0.1) is 11.2 Å². The summed E-state index contributed by atoms with van der Waals surface area (Å²) in [4.78, 5) is 4.21. The fraction of sp³-hybridized carbons (Fsp3) is 0.400. The van der Waals surface area contributed by atoms with Crippen molar-refractivity contribution in [2.75, 3.05) is 0 Å². The van der Waals surface area contributed by atoms with Gasteiger partial charge in [-0.15, -0.1) is 0 Å².